The van der Waals surface area contributed by atoms with Gasteiger partial charge in [-0.1, -0.05) is 18.2 Å². The summed E-state index contributed by atoms with van der Waals surface area (Å²) >= 11 is 0. The molecule has 1 saturated heterocycles. The maximum Gasteiger partial charge on any atom is 0.248 e. The molecule has 2 N–H and O–H groups in total. The van der Waals surface area contributed by atoms with Crippen LogP contribution in [0.2, 0.25) is 0 Å². The van der Waals surface area contributed by atoms with Crippen molar-refractivity contribution in [1.82, 2.24) is 10.3 Å². The number of nitrogens with zero attached hydrogens (tertiary/aromatic N) is 1. The molecule has 0 unspecified atom stereocenters. The molecule has 16 heavy (non-hydrogen) atoms. The van der Waals surface area contributed by atoms with Crippen molar-refractivity contribution in [2.24, 2.45) is 0 Å². The molecule has 1 fully saturated rings. The largest absolute Gasteiger partial charge is 0.321 e. The molecule has 0 aromatic heterocycles. The molecule has 0 saturated carbocycles. The lowest BCUT2D eigenvalue weighted by Gasteiger charge is -2.12. The highest BCUT2D eigenvalue weighted by Crippen LogP contribution is 2.11. The number of hydrogen-bond donors (Lipinski definition) is 2. The van der Waals surface area contributed by atoms with Gasteiger partial charge < -0.3 is 5.43 Å². The van der Waals surface area contributed by atoms with E-state index in [0.717, 1.165) is 10.6 Å². The SMILES string of the molecule is CN1C(=O)C[C@@H](NNc2ccccc2)C1=O. The summed E-state index contributed by atoms with van der Waals surface area (Å²) in [7, 11) is 1.49. The Labute approximate surface area is 93.4 Å². The fourth-order valence-corrected chi connectivity index (χ4v) is 1.56. The van der Waals surface area contributed by atoms with E-state index in [2.05, 4.69) is 10.9 Å². The van der Waals surface area contributed by atoms with E-state index in [0.29, 0.717) is 0 Å². The number of hydrazine groups is 1. The van der Waals surface area contributed by atoms with Crippen molar-refractivity contribution in [3.8, 4) is 0 Å². The summed E-state index contributed by atoms with van der Waals surface area (Å²) in [5.74, 6) is -0.356. The van der Waals surface area contributed by atoms with Crippen LogP contribution in [0.15, 0.2) is 30.3 Å². The topological polar surface area (TPSA) is 61.4 Å². The van der Waals surface area contributed by atoms with Crippen molar-refractivity contribution in [3.05, 3.63) is 30.3 Å². The predicted molar refractivity (Wildman–Crippen MR) is 59.4 cm³/mol. The van der Waals surface area contributed by atoms with Crippen molar-refractivity contribution >= 4 is 17.5 Å². The zero-order valence-electron chi connectivity index (χ0n) is 8.93. The van der Waals surface area contributed by atoms with Crippen LogP contribution in [0.1, 0.15) is 6.42 Å². The number of carbonyl (C=O) groups excluding carboxylic acids is 2. The molecule has 1 aliphatic rings. The molecule has 2 rings (SSSR count). The summed E-state index contributed by atoms with van der Waals surface area (Å²) in [5, 5.41) is 0. The molecular formula is C11H13N3O2. The third-order valence-electron chi connectivity index (χ3n) is 2.55. The van der Waals surface area contributed by atoms with Crippen LogP contribution in [0.5, 0.6) is 0 Å². The van der Waals surface area contributed by atoms with Gasteiger partial charge in [-0.05, 0) is 12.1 Å². The lowest BCUT2D eigenvalue weighted by molar-refractivity contribution is -0.137. The molecule has 1 aliphatic heterocycles. The molecule has 84 valence electrons. The summed E-state index contributed by atoms with van der Waals surface area (Å²) in [4.78, 5) is 23.9. The van der Waals surface area contributed by atoms with Gasteiger partial charge in [0.05, 0.1) is 6.42 Å². The zero-order valence-corrected chi connectivity index (χ0v) is 8.93. The van der Waals surface area contributed by atoms with E-state index >= 15 is 0 Å². The predicted octanol–water partition coefficient (Wildman–Crippen LogP) is 0.360. The van der Waals surface area contributed by atoms with Crippen LogP contribution in [0.25, 0.3) is 0 Å². The van der Waals surface area contributed by atoms with Gasteiger partial charge in [-0.25, -0.2) is 5.43 Å². The first-order valence-electron chi connectivity index (χ1n) is 5.05. The van der Waals surface area contributed by atoms with Gasteiger partial charge >= 0.3 is 0 Å². The van der Waals surface area contributed by atoms with Crippen molar-refractivity contribution < 1.29 is 9.59 Å². The van der Waals surface area contributed by atoms with Crippen LogP contribution in [0, 0.1) is 0 Å². The molecule has 1 heterocycles. The molecule has 0 spiro atoms. The van der Waals surface area contributed by atoms with E-state index in [1.165, 1.54) is 7.05 Å². The number of benzene rings is 1. The summed E-state index contributed by atoms with van der Waals surface area (Å²) in [6, 6.07) is 8.95. The first kappa shape index (κ1) is 10.6. The highest BCUT2D eigenvalue weighted by molar-refractivity contribution is 6.05. The molecule has 0 aliphatic carbocycles. The Morgan fingerprint density at radius 1 is 1.25 bits per heavy atom. The number of nitrogens with one attached hydrogen (secondary N) is 2. The molecule has 1 aromatic rings. The molecular weight excluding hydrogens is 206 g/mol. The van der Waals surface area contributed by atoms with Crippen LogP contribution in [-0.2, 0) is 9.59 Å². The third kappa shape index (κ3) is 2.04. The molecule has 5 nitrogen and oxygen atoms in total. The van der Waals surface area contributed by atoms with Crippen LogP contribution in [0.4, 0.5) is 5.69 Å². The molecule has 1 aromatic carbocycles. The van der Waals surface area contributed by atoms with Crippen molar-refractivity contribution in [2.45, 2.75) is 12.5 Å². The maximum absolute atomic E-state index is 11.5. The number of likely N-dealkylation sites (tertiary alicyclic amines) is 1. The zero-order chi connectivity index (χ0) is 11.5. The second-order valence-electron chi connectivity index (χ2n) is 3.68. The van der Waals surface area contributed by atoms with Gasteiger partial charge in [-0.2, -0.15) is 0 Å². The number of rotatable bonds is 3. The highest BCUT2D eigenvalue weighted by Gasteiger charge is 2.35. The second kappa shape index (κ2) is 4.32. The third-order valence-corrected chi connectivity index (χ3v) is 2.55. The Morgan fingerprint density at radius 3 is 2.50 bits per heavy atom. The second-order valence-corrected chi connectivity index (χ2v) is 3.68. The number of amides is 2. The molecule has 5 heteroatoms. The van der Waals surface area contributed by atoms with Crippen molar-refractivity contribution in [3.63, 3.8) is 0 Å². The maximum atomic E-state index is 11.5. The smallest absolute Gasteiger partial charge is 0.248 e. The first-order valence-corrected chi connectivity index (χ1v) is 5.05. The Morgan fingerprint density at radius 2 is 1.94 bits per heavy atom. The number of carbonyl (C=O) groups is 2. The van der Waals surface area contributed by atoms with Gasteiger partial charge in [-0.15, -0.1) is 0 Å². The average Bonchev–Trinajstić information content (AvgIpc) is 2.56. The lowest BCUT2D eigenvalue weighted by atomic mass is 10.2. The normalized spacial score (nSPS) is 20.3. The number of hydrogen-bond acceptors (Lipinski definition) is 4. The van der Waals surface area contributed by atoms with Crippen LogP contribution < -0.4 is 10.9 Å². The lowest BCUT2D eigenvalue weighted by Crippen LogP contribution is -2.40. The Balaban J connectivity index is 1.92. The van der Waals surface area contributed by atoms with Crippen LogP contribution >= 0.6 is 0 Å². The standard InChI is InChI=1S/C11H13N3O2/c1-14-10(15)7-9(11(14)16)13-12-8-5-3-2-4-6-8/h2-6,9,12-13H,7H2,1H3/t9-/m1/s1. The van der Waals surface area contributed by atoms with E-state index in [1.807, 2.05) is 30.3 Å². The number of para-hydroxylation sites is 1. The van der Waals surface area contributed by atoms with E-state index in [1.54, 1.807) is 0 Å². The summed E-state index contributed by atoms with van der Waals surface area (Å²) < 4.78 is 0. The van der Waals surface area contributed by atoms with Crippen LogP contribution in [-0.4, -0.2) is 29.8 Å². The first-order chi connectivity index (χ1) is 7.68. The highest BCUT2D eigenvalue weighted by atomic mass is 16.2. The number of imide groups is 1. The van der Waals surface area contributed by atoms with Crippen molar-refractivity contribution in [2.75, 3.05) is 12.5 Å². The average molecular weight is 219 g/mol. The minimum absolute atomic E-state index is 0.155. The van der Waals surface area contributed by atoms with Gasteiger partial charge in [0, 0.05) is 12.7 Å². The monoisotopic (exact) mass is 219 g/mol. The van der Waals surface area contributed by atoms with E-state index in [4.69, 9.17) is 0 Å². The minimum Gasteiger partial charge on any atom is -0.321 e. The summed E-state index contributed by atoms with van der Waals surface area (Å²) in [5.41, 5.74) is 6.61. The van der Waals surface area contributed by atoms with Gasteiger partial charge in [-0.3, -0.25) is 14.5 Å². The van der Waals surface area contributed by atoms with Gasteiger partial charge in [0.15, 0.2) is 0 Å². The van der Waals surface area contributed by atoms with E-state index < -0.39 is 6.04 Å². The molecule has 2 amide bonds. The van der Waals surface area contributed by atoms with Gasteiger partial charge in [0.2, 0.25) is 11.8 Å². The summed E-state index contributed by atoms with van der Waals surface area (Å²) in [6.07, 6.45) is 0.204. The number of anilines is 1. The fourth-order valence-electron chi connectivity index (χ4n) is 1.56. The molecule has 0 bridgehead atoms. The quantitative estimate of drug-likeness (QED) is 0.569. The van der Waals surface area contributed by atoms with Crippen LogP contribution in [0.3, 0.4) is 0 Å². The Hall–Kier alpha value is -1.88. The fraction of sp³-hybridized carbons (Fsp3) is 0.273. The minimum atomic E-state index is -0.474. The Bertz CT molecular complexity index is 405. The van der Waals surface area contributed by atoms with Gasteiger partial charge in [0.1, 0.15) is 6.04 Å². The van der Waals surface area contributed by atoms with E-state index in [9.17, 15) is 9.59 Å². The number of likely N-dealkylation sites (N-methyl/N-ethyl adjacent to an activating group) is 1. The summed E-state index contributed by atoms with van der Waals surface area (Å²) in [6.45, 7) is 0. The molecule has 1 atom stereocenters. The van der Waals surface area contributed by atoms with Crippen molar-refractivity contribution in [1.29, 1.82) is 0 Å². The van der Waals surface area contributed by atoms with Gasteiger partial charge in [0.25, 0.3) is 0 Å². The van der Waals surface area contributed by atoms with E-state index in [-0.39, 0.29) is 18.2 Å². The molecule has 0 radical (unpaired) electrons. The Kier molecular flexibility index (Phi) is 2.87.